The van der Waals surface area contributed by atoms with Crippen LogP contribution in [0.3, 0.4) is 0 Å². The van der Waals surface area contributed by atoms with Gasteiger partial charge in [0.05, 0.1) is 18.2 Å². The fraction of sp³-hybridized carbons (Fsp3) is 0.400. The molecule has 2 aromatic rings. The fourth-order valence-electron chi connectivity index (χ4n) is 3.12. The zero-order valence-electron chi connectivity index (χ0n) is 15.4. The van der Waals surface area contributed by atoms with Gasteiger partial charge >= 0.3 is 12.4 Å². The second kappa shape index (κ2) is 8.07. The minimum absolute atomic E-state index is 0.165. The standard InChI is InChI=1S/C20H18F7NO2/c21-16-7-13(19(22,23)24)5-4-12(16)9-28(10-18(30)20(25,26)27)14-3-1-2-11(6-14)15-8-17(15)29/h1-7,15,17-18,29-30H,8-10H2. The molecule has 0 spiro atoms. The number of hydrogen-bond donors (Lipinski definition) is 2. The second-order valence-corrected chi connectivity index (χ2v) is 7.25. The molecule has 30 heavy (non-hydrogen) atoms. The Hall–Kier alpha value is -2.33. The van der Waals surface area contributed by atoms with Crippen LogP contribution in [0.1, 0.15) is 29.0 Å². The zero-order chi connectivity index (χ0) is 22.3. The SMILES string of the molecule is OC1CC1c1cccc(N(Cc2ccc(C(F)(F)F)cc2F)CC(O)C(F)(F)F)c1. The van der Waals surface area contributed by atoms with Crippen molar-refractivity contribution in [3.8, 4) is 0 Å². The molecule has 0 aromatic heterocycles. The fourth-order valence-corrected chi connectivity index (χ4v) is 3.12. The van der Waals surface area contributed by atoms with Crippen molar-refractivity contribution in [3.63, 3.8) is 0 Å². The van der Waals surface area contributed by atoms with Crippen molar-refractivity contribution in [2.45, 2.75) is 43.4 Å². The van der Waals surface area contributed by atoms with Crippen molar-refractivity contribution in [1.82, 2.24) is 0 Å². The summed E-state index contributed by atoms with van der Waals surface area (Å²) in [5, 5.41) is 19.1. The van der Waals surface area contributed by atoms with Gasteiger partial charge in [-0.1, -0.05) is 18.2 Å². The van der Waals surface area contributed by atoms with Gasteiger partial charge in [0, 0.05) is 23.7 Å². The number of aliphatic hydroxyl groups is 2. The van der Waals surface area contributed by atoms with Crippen LogP contribution in [0, 0.1) is 5.82 Å². The van der Waals surface area contributed by atoms with E-state index in [2.05, 4.69) is 0 Å². The largest absolute Gasteiger partial charge is 0.416 e. The van der Waals surface area contributed by atoms with Gasteiger partial charge in [-0.25, -0.2) is 4.39 Å². The van der Waals surface area contributed by atoms with Gasteiger partial charge in [0.15, 0.2) is 6.10 Å². The van der Waals surface area contributed by atoms with E-state index in [4.69, 9.17) is 0 Å². The van der Waals surface area contributed by atoms with Crippen molar-refractivity contribution in [1.29, 1.82) is 0 Å². The van der Waals surface area contributed by atoms with Gasteiger partial charge in [-0.15, -0.1) is 0 Å². The maximum Gasteiger partial charge on any atom is 0.416 e. The Morgan fingerprint density at radius 1 is 1.03 bits per heavy atom. The van der Waals surface area contributed by atoms with Gasteiger partial charge in [-0.2, -0.15) is 26.3 Å². The smallest absolute Gasteiger partial charge is 0.392 e. The molecule has 3 atom stereocenters. The van der Waals surface area contributed by atoms with E-state index < -0.39 is 49.0 Å². The summed E-state index contributed by atoms with van der Waals surface area (Å²) in [6.07, 6.45) is -12.5. The maximum atomic E-state index is 14.3. The van der Waals surface area contributed by atoms with Crippen LogP contribution < -0.4 is 4.90 Å². The first-order valence-corrected chi connectivity index (χ1v) is 8.99. The molecule has 2 aromatic carbocycles. The number of benzene rings is 2. The Morgan fingerprint density at radius 2 is 1.70 bits per heavy atom. The Kier molecular flexibility index (Phi) is 6.01. The van der Waals surface area contributed by atoms with Crippen LogP contribution >= 0.6 is 0 Å². The summed E-state index contributed by atoms with van der Waals surface area (Å²) in [4.78, 5) is 1.04. The highest BCUT2D eigenvalue weighted by Crippen LogP contribution is 2.41. The molecule has 1 aliphatic carbocycles. The molecule has 1 saturated carbocycles. The minimum Gasteiger partial charge on any atom is -0.392 e. The Balaban J connectivity index is 1.90. The highest BCUT2D eigenvalue weighted by Gasteiger charge is 2.40. The van der Waals surface area contributed by atoms with Crippen LogP contribution in [0.15, 0.2) is 42.5 Å². The lowest BCUT2D eigenvalue weighted by Gasteiger charge is -2.29. The van der Waals surface area contributed by atoms with Crippen molar-refractivity contribution in [3.05, 3.63) is 65.0 Å². The molecular weight excluding hydrogens is 419 g/mol. The summed E-state index contributed by atoms with van der Waals surface area (Å²) in [5.74, 6) is -1.38. The molecule has 1 aliphatic rings. The first-order chi connectivity index (χ1) is 13.9. The maximum absolute atomic E-state index is 14.3. The minimum atomic E-state index is -4.93. The second-order valence-electron chi connectivity index (χ2n) is 7.25. The van der Waals surface area contributed by atoms with E-state index in [0.717, 1.165) is 11.0 Å². The molecule has 3 rings (SSSR count). The van der Waals surface area contributed by atoms with E-state index in [1.807, 2.05) is 0 Å². The van der Waals surface area contributed by atoms with E-state index in [9.17, 15) is 40.9 Å². The molecule has 2 N–H and O–H groups in total. The van der Waals surface area contributed by atoms with Crippen LogP contribution in [0.4, 0.5) is 36.4 Å². The number of halogens is 7. The van der Waals surface area contributed by atoms with Crippen LogP contribution in [0.2, 0.25) is 0 Å². The van der Waals surface area contributed by atoms with E-state index in [1.54, 1.807) is 12.1 Å². The van der Waals surface area contributed by atoms with Gasteiger partial charge in [-0.3, -0.25) is 0 Å². The summed E-state index contributed by atoms with van der Waals surface area (Å²) in [6, 6.07) is 7.99. The summed E-state index contributed by atoms with van der Waals surface area (Å²) in [5.41, 5.74) is -0.585. The summed E-state index contributed by atoms with van der Waals surface area (Å²) >= 11 is 0. The van der Waals surface area contributed by atoms with Crippen molar-refractivity contribution in [2.75, 3.05) is 11.4 Å². The summed E-state index contributed by atoms with van der Waals surface area (Å²) in [7, 11) is 0. The first kappa shape index (κ1) is 22.4. The predicted octanol–water partition coefficient (Wildman–Crippen LogP) is 4.62. The van der Waals surface area contributed by atoms with E-state index in [-0.39, 0.29) is 23.2 Å². The molecule has 0 saturated heterocycles. The molecule has 0 radical (unpaired) electrons. The van der Waals surface area contributed by atoms with E-state index in [0.29, 0.717) is 18.1 Å². The average Bonchev–Trinajstić information content (AvgIpc) is 3.37. The molecule has 3 unspecified atom stereocenters. The van der Waals surface area contributed by atoms with Gasteiger partial charge < -0.3 is 15.1 Å². The highest BCUT2D eigenvalue weighted by atomic mass is 19.4. The molecular formula is C20H18F7NO2. The van der Waals surface area contributed by atoms with Gasteiger partial charge in [0.25, 0.3) is 0 Å². The number of nitrogens with zero attached hydrogens (tertiary/aromatic N) is 1. The molecule has 0 heterocycles. The zero-order valence-corrected chi connectivity index (χ0v) is 15.4. The Labute approximate surface area is 167 Å². The van der Waals surface area contributed by atoms with Gasteiger partial charge in [0.1, 0.15) is 5.82 Å². The third-order valence-electron chi connectivity index (χ3n) is 4.93. The molecule has 1 fully saturated rings. The molecule has 3 nitrogen and oxygen atoms in total. The third kappa shape index (κ3) is 5.23. The highest BCUT2D eigenvalue weighted by molar-refractivity contribution is 5.51. The summed E-state index contributed by atoms with van der Waals surface area (Å²) in [6.45, 7) is -1.44. The van der Waals surface area contributed by atoms with Gasteiger partial charge in [-0.05, 0) is 36.2 Å². The third-order valence-corrected chi connectivity index (χ3v) is 4.93. The molecule has 0 bridgehead atoms. The summed E-state index contributed by atoms with van der Waals surface area (Å²) < 4.78 is 91.1. The van der Waals surface area contributed by atoms with Crippen LogP contribution in [0.25, 0.3) is 0 Å². The van der Waals surface area contributed by atoms with Crippen LogP contribution in [-0.2, 0) is 12.7 Å². The topological polar surface area (TPSA) is 43.7 Å². The lowest BCUT2D eigenvalue weighted by atomic mass is 10.1. The Bertz CT molecular complexity index is 897. The molecule has 164 valence electrons. The normalized spacial score (nSPS) is 20.2. The molecule has 0 amide bonds. The monoisotopic (exact) mass is 437 g/mol. The van der Waals surface area contributed by atoms with Crippen molar-refractivity contribution >= 4 is 5.69 Å². The van der Waals surface area contributed by atoms with Crippen LogP contribution in [0.5, 0.6) is 0 Å². The molecule has 0 aliphatic heterocycles. The lowest BCUT2D eigenvalue weighted by molar-refractivity contribution is -0.200. The number of anilines is 1. The lowest BCUT2D eigenvalue weighted by Crippen LogP contribution is -2.41. The predicted molar refractivity (Wildman–Crippen MR) is 94.3 cm³/mol. The van der Waals surface area contributed by atoms with Gasteiger partial charge in [0.2, 0.25) is 0 Å². The van der Waals surface area contributed by atoms with Crippen molar-refractivity contribution < 1.29 is 40.9 Å². The number of alkyl halides is 6. The van der Waals surface area contributed by atoms with Crippen molar-refractivity contribution in [2.24, 2.45) is 0 Å². The van der Waals surface area contributed by atoms with E-state index >= 15 is 0 Å². The van der Waals surface area contributed by atoms with E-state index in [1.165, 1.54) is 12.1 Å². The number of aliphatic hydroxyl groups excluding tert-OH is 2. The molecule has 10 heteroatoms. The number of hydrogen-bond acceptors (Lipinski definition) is 3. The first-order valence-electron chi connectivity index (χ1n) is 8.99. The van der Waals surface area contributed by atoms with Crippen LogP contribution in [-0.4, -0.2) is 35.1 Å². The average molecular weight is 437 g/mol. The Morgan fingerprint density at radius 3 is 2.23 bits per heavy atom. The number of rotatable bonds is 6. The quantitative estimate of drug-likeness (QED) is 0.649.